The molecule has 0 aliphatic rings. The molecule has 0 aromatic heterocycles. The molecule has 0 bridgehead atoms. The third kappa shape index (κ3) is 12.2. The van der Waals surface area contributed by atoms with Crippen LogP contribution in [0.1, 0.15) is 12.8 Å². The fourth-order valence-corrected chi connectivity index (χ4v) is 0.303. The van der Waals surface area contributed by atoms with Crippen molar-refractivity contribution in [1.29, 1.82) is 0 Å². The second-order valence-corrected chi connectivity index (χ2v) is 1.37. The molecule has 0 spiro atoms. The largest absolute Gasteiger partial charge is 0.491 e. The first kappa shape index (κ1) is 17.6. The number of carbonyl (C=O) groups is 1. The minimum Gasteiger partial charge on any atom is -0.491 e. The summed E-state index contributed by atoms with van der Waals surface area (Å²) in [5.74, 6) is -0.270. The van der Waals surface area contributed by atoms with E-state index in [1.807, 2.05) is 0 Å². The van der Waals surface area contributed by atoms with Gasteiger partial charge in [-0.15, -0.1) is 0 Å². The van der Waals surface area contributed by atoms with Gasteiger partial charge in [-0.25, -0.2) is 6.42 Å². The van der Waals surface area contributed by atoms with Crippen molar-refractivity contribution in [3.63, 3.8) is 0 Å². The third-order valence-electron chi connectivity index (χ3n) is 0.716. The maximum atomic E-state index is 10.3. The monoisotopic (exact) mass is 292 g/mol. The van der Waals surface area contributed by atoms with Gasteiger partial charge in [0.25, 0.3) is 0 Å². The molecule has 0 saturated carbocycles. The van der Waals surface area contributed by atoms with E-state index in [0.717, 1.165) is 6.42 Å². The van der Waals surface area contributed by atoms with Gasteiger partial charge in [0.05, 0.1) is 7.11 Å². The molecular weight excluding hydrogens is 282 g/mol. The molecule has 0 rings (SSSR count). The molecule has 0 fully saturated rings. The molecule has 0 unspecified atom stereocenters. The van der Waals surface area contributed by atoms with Crippen molar-refractivity contribution in [1.82, 2.24) is 0 Å². The Kier molecular flexibility index (Phi) is 23.1. The van der Waals surface area contributed by atoms with Crippen molar-refractivity contribution < 1.29 is 74.9 Å². The third-order valence-corrected chi connectivity index (χ3v) is 0.716. The van der Waals surface area contributed by atoms with Gasteiger partial charge in [-0.2, -0.15) is 6.42 Å². The van der Waals surface area contributed by atoms with Crippen LogP contribution in [0.3, 0.4) is 0 Å². The average Bonchev–Trinajstić information content (AvgIpc) is 1.83. The molecule has 0 amide bonds. The summed E-state index contributed by atoms with van der Waals surface area (Å²) in [5, 5.41) is 0. The van der Waals surface area contributed by atoms with Crippen molar-refractivity contribution in [3.8, 4) is 0 Å². The molecule has 54 valence electrons. The van der Waals surface area contributed by atoms with Crippen LogP contribution in [0, 0.1) is 13.3 Å². The van der Waals surface area contributed by atoms with E-state index in [2.05, 4.69) is 11.7 Å². The fourth-order valence-electron chi connectivity index (χ4n) is 0.303. The Hall–Kier alpha value is 1.55. The van der Waals surface area contributed by atoms with Gasteiger partial charge in [0.15, 0.2) is 5.97 Å². The zero-order valence-electron chi connectivity index (χ0n) is 6.17. The summed E-state index contributed by atoms with van der Waals surface area (Å²) >= 11 is 0. The summed E-state index contributed by atoms with van der Waals surface area (Å²) in [7, 11) is 1.36. The number of hydrogen-bond acceptors (Lipinski definition) is 2. The van der Waals surface area contributed by atoms with Gasteiger partial charge in [-0.05, 0) is 0 Å². The first-order chi connectivity index (χ1) is 3.81. The van der Waals surface area contributed by atoms with Gasteiger partial charge in [0.2, 0.25) is 0 Å². The van der Waals surface area contributed by atoms with Crippen LogP contribution in [0.15, 0.2) is 0 Å². The number of ether oxygens (including phenoxy) is 1. The van der Waals surface area contributed by atoms with E-state index in [9.17, 15) is 4.79 Å². The van der Waals surface area contributed by atoms with Crippen LogP contribution in [-0.2, 0) is 74.9 Å². The molecule has 0 N–H and O–H groups in total. The van der Waals surface area contributed by atoms with E-state index >= 15 is 0 Å². The predicted molar refractivity (Wildman–Crippen MR) is 30.9 cm³/mol. The molecule has 0 aliphatic carbocycles. The van der Waals surface area contributed by atoms with Crippen molar-refractivity contribution in [2.24, 2.45) is 0 Å². The van der Waals surface area contributed by atoms with E-state index in [1.165, 1.54) is 13.5 Å². The first-order valence-corrected chi connectivity index (χ1v) is 2.51. The molecule has 2 radical (unpaired) electrons. The maximum Gasteiger partial charge on any atom is 0.166 e. The Morgan fingerprint density at radius 3 is 2.40 bits per heavy atom. The Morgan fingerprint density at radius 1 is 1.60 bits per heavy atom. The standard InChI is InChI=1S/C6H10O2.2Y/c1-3-4-5-6(7)8-2;;/h5H,1,3-4H2,2H3;;/q-2;;. The van der Waals surface area contributed by atoms with E-state index in [-0.39, 0.29) is 71.4 Å². The first-order valence-electron chi connectivity index (χ1n) is 2.51. The van der Waals surface area contributed by atoms with Crippen LogP contribution in [0.25, 0.3) is 0 Å². The van der Waals surface area contributed by atoms with Gasteiger partial charge < -0.3 is 11.7 Å². The molecule has 10 heavy (non-hydrogen) atoms. The number of carbonyl (C=O) groups excluding carboxylic acids is 1. The Bertz CT molecular complexity index is 76.1. The normalized spacial score (nSPS) is 6.60. The van der Waals surface area contributed by atoms with Crippen LogP contribution in [0.2, 0.25) is 0 Å². The van der Waals surface area contributed by atoms with Gasteiger partial charge in [-0.3, -0.25) is 11.2 Å². The van der Waals surface area contributed by atoms with Crippen LogP contribution in [0.5, 0.6) is 0 Å². The number of methoxy groups -OCH3 is 1. The molecular formula is C6H10O2Y2-2. The van der Waals surface area contributed by atoms with Gasteiger partial charge >= 0.3 is 0 Å². The molecule has 0 heterocycles. The second kappa shape index (κ2) is 13.2. The van der Waals surface area contributed by atoms with Crippen LogP contribution in [0.4, 0.5) is 0 Å². The summed E-state index contributed by atoms with van der Waals surface area (Å²) in [4.78, 5) is 10.3. The maximum absolute atomic E-state index is 10.3. The van der Waals surface area contributed by atoms with Crippen LogP contribution < -0.4 is 0 Å². The van der Waals surface area contributed by atoms with E-state index in [4.69, 9.17) is 0 Å². The molecule has 0 aromatic carbocycles. The predicted octanol–water partition coefficient (Wildman–Crippen LogP) is 0.973. The zero-order chi connectivity index (χ0) is 6.41. The molecule has 0 aromatic rings. The average molecular weight is 292 g/mol. The van der Waals surface area contributed by atoms with Crippen molar-refractivity contribution in [2.45, 2.75) is 12.8 Å². The Morgan fingerprint density at radius 2 is 2.10 bits per heavy atom. The molecule has 0 aliphatic heterocycles. The zero-order valence-corrected chi connectivity index (χ0v) is 11.8. The summed E-state index contributed by atoms with van der Waals surface area (Å²) in [6.45, 7) is 3.55. The minimum absolute atomic E-state index is 0. The fraction of sp³-hybridized carbons (Fsp3) is 0.500. The van der Waals surface area contributed by atoms with Crippen LogP contribution >= 0.6 is 0 Å². The molecule has 0 atom stereocenters. The number of esters is 1. The number of hydrogen-bond donors (Lipinski definition) is 0. The number of unbranched alkanes of at least 4 members (excludes halogenated alkanes) is 1. The minimum atomic E-state index is -0.270. The van der Waals surface area contributed by atoms with Crippen molar-refractivity contribution in [2.75, 3.05) is 7.11 Å². The number of rotatable bonds is 3. The Balaban J connectivity index is -0.000000245. The smallest absolute Gasteiger partial charge is 0.166 e. The molecule has 0 saturated heterocycles. The van der Waals surface area contributed by atoms with Crippen LogP contribution in [-0.4, -0.2) is 13.1 Å². The SMILES string of the molecule is [CH2-]CC[CH-]C(=O)OC.[Y].[Y]. The summed E-state index contributed by atoms with van der Waals surface area (Å²) < 4.78 is 4.33. The summed E-state index contributed by atoms with van der Waals surface area (Å²) in [5.41, 5.74) is 0. The quantitative estimate of drug-likeness (QED) is 0.572. The van der Waals surface area contributed by atoms with Gasteiger partial charge in [-0.1, -0.05) is 0 Å². The van der Waals surface area contributed by atoms with Gasteiger partial charge in [0.1, 0.15) is 0 Å². The van der Waals surface area contributed by atoms with E-state index in [0.29, 0.717) is 6.42 Å². The van der Waals surface area contributed by atoms with E-state index in [1.54, 1.807) is 0 Å². The van der Waals surface area contributed by atoms with E-state index < -0.39 is 0 Å². The molecule has 4 heteroatoms. The van der Waals surface area contributed by atoms with Gasteiger partial charge in [0, 0.05) is 65.4 Å². The van der Waals surface area contributed by atoms with Crippen molar-refractivity contribution in [3.05, 3.63) is 13.3 Å². The Labute approximate surface area is 113 Å². The molecule has 2 nitrogen and oxygen atoms in total. The second-order valence-electron chi connectivity index (χ2n) is 1.37. The summed E-state index contributed by atoms with van der Waals surface area (Å²) in [6.07, 6.45) is 2.93. The summed E-state index contributed by atoms with van der Waals surface area (Å²) in [6, 6.07) is 0. The van der Waals surface area contributed by atoms with Crippen molar-refractivity contribution >= 4 is 5.97 Å². The topological polar surface area (TPSA) is 26.3 Å².